The van der Waals surface area contributed by atoms with E-state index in [9.17, 15) is 9.59 Å². The molecule has 0 saturated carbocycles. The second-order valence-electron chi connectivity index (χ2n) is 7.16. The summed E-state index contributed by atoms with van der Waals surface area (Å²) in [4.78, 5) is 29.8. The molecule has 2 heterocycles. The monoisotopic (exact) mass is 361 g/mol. The number of aromatic nitrogens is 1. The molecule has 2 amide bonds. The zero-order valence-corrected chi connectivity index (χ0v) is 15.6. The van der Waals surface area contributed by atoms with Gasteiger partial charge in [-0.1, -0.05) is 24.3 Å². The van der Waals surface area contributed by atoms with Crippen molar-refractivity contribution in [2.45, 2.75) is 32.7 Å². The van der Waals surface area contributed by atoms with E-state index in [1.807, 2.05) is 56.4 Å². The number of hydrogen-bond donors (Lipinski definition) is 2. The molecule has 1 atom stereocenters. The van der Waals surface area contributed by atoms with Crippen LogP contribution in [0.25, 0.3) is 10.9 Å². The summed E-state index contributed by atoms with van der Waals surface area (Å²) in [5.74, 6) is -0.310. The van der Waals surface area contributed by atoms with Crippen molar-refractivity contribution in [1.82, 2.24) is 10.3 Å². The normalized spacial score (nSPS) is 17.3. The Kier molecular flexibility index (Phi) is 4.54. The number of carbonyl (C=O) groups excluding carboxylic acids is 2. The topological polar surface area (TPSA) is 65.2 Å². The second kappa shape index (κ2) is 7.00. The van der Waals surface area contributed by atoms with Gasteiger partial charge in [0.25, 0.3) is 5.91 Å². The molecular formula is C22H23N3O2. The molecule has 0 bridgehead atoms. The Labute approximate surface area is 158 Å². The van der Waals surface area contributed by atoms with Gasteiger partial charge < -0.3 is 10.3 Å². The highest BCUT2D eigenvalue weighted by Gasteiger charge is 2.39. The van der Waals surface area contributed by atoms with Gasteiger partial charge in [-0.25, -0.2) is 4.90 Å². The Morgan fingerprint density at radius 1 is 1.11 bits per heavy atom. The number of para-hydroxylation sites is 1. The summed E-state index contributed by atoms with van der Waals surface area (Å²) in [7, 11) is 0. The average Bonchev–Trinajstić information content (AvgIpc) is 3.19. The molecule has 1 aromatic heterocycles. The number of nitrogens with one attached hydrogen (secondary N) is 2. The van der Waals surface area contributed by atoms with Crippen molar-refractivity contribution in [1.29, 1.82) is 0 Å². The van der Waals surface area contributed by atoms with Crippen LogP contribution in [0.1, 0.15) is 23.1 Å². The molecule has 138 valence electrons. The molecule has 0 spiro atoms. The number of rotatable bonds is 5. The lowest BCUT2D eigenvalue weighted by Gasteiger charge is -2.16. The molecule has 5 heteroatoms. The minimum atomic E-state index is -0.454. The lowest BCUT2D eigenvalue weighted by Crippen LogP contribution is -2.39. The predicted octanol–water partition coefficient (Wildman–Crippen LogP) is 3.25. The van der Waals surface area contributed by atoms with E-state index in [-0.39, 0.29) is 18.2 Å². The van der Waals surface area contributed by atoms with E-state index >= 15 is 0 Å². The number of H-pyrrole nitrogens is 1. The maximum Gasteiger partial charge on any atom is 0.251 e. The summed E-state index contributed by atoms with van der Waals surface area (Å²) < 4.78 is 0. The summed E-state index contributed by atoms with van der Waals surface area (Å²) in [6.45, 7) is 4.65. The molecule has 0 aliphatic carbocycles. The van der Waals surface area contributed by atoms with Crippen molar-refractivity contribution in [3.63, 3.8) is 0 Å². The largest absolute Gasteiger partial charge is 0.361 e. The Balaban J connectivity index is 1.42. The van der Waals surface area contributed by atoms with Gasteiger partial charge in [0.15, 0.2) is 0 Å². The first-order valence-corrected chi connectivity index (χ1v) is 9.27. The Morgan fingerprint density at radius 3 is 2.74 bits per heavy atom. The van der Waals surface area contributed by atoms with Crippen molar-refractivity contribution in [2.75, 3.05) is 11.4 Å². The van der Waals surface area contributed by atoms with E-state index in [0.29, 0.717) is 12.2 Å². The molecule has 2 N–H and O–H groups in total. The molecule has 4 rings (SSSR count). The van der Waals surface area contributed by atoms with E-state index in [1.165, 1.54) is 15.8 Å². The summed E-state index contributed by atoms with van der Waals surface area (Å²) in [5, 5.41) is 4.46. The van der Waals surface area contributed by atoms with E-state index in [4.69, 9.17) is 0 Å². The molecule has 1 unspecified atom stereocenters. The number of aryl methyl sites for hydroxylation is 2. The standard InChI is InChI=1S/C22H23N3O2/c1-14-7-8-17(11-15(14)2)25-21(26)12-20(22(25)27)23-10-9-16-13-24-19-6-4-3-5-18(16)19/h3-8,11,13,20,23-24H,9-10,12H2,1-2H3. The van der Waals surface area contributed by atoms with Crippen LogP contribution in [-0.2, 0) is 16.0 Å². The maximum absolute atomic E-state index is 12.8. The first kappa shape index (κ1) is 17.5. The molecule has 1 aliphatic rings. The van der Waals surface area contributed by atoms with Gasteiger partial charge in [-0.2, -0.15) is 0 Å². The molecule has 2 aromatic carbocycles. The summed E-state index contributed by atoms with van der Waals surface area (Å²) in [6, 6.07) is 13.4. The maximum atomic E-state index is 12.8. The van der Waals surface area contributed by atoms with Crippen LogP contribution in [-0.4, -0.2) is 29.4 Å². The average molecular weight is 361 g/mol. The van der Waals surface area contributed by atoms with E-state index in [2.05, 4.69) is 16.4 Å². The highest BCUT2D eigenvalue weighted by molar-refractivity contribution is 6.22. The number of aromatic amines is 1. The van der Waals surface area contributed by atoms with E-state index < -0.39 is 6.04 Å². The van der Waals surface area contributed by atoms with Gasteiger partial charge in [-0.15, -0.1) is 0 Å². The third-order valence-electron chi connectivity index (χ3n) is 5.36. The van der Waals surface area contributed by atoms with Crippen LogP contribution in [0, 0.1) is 13.8 Å². The summed E-state index contributed by atoms with van der Waals surface area (Å²) in [5.41, 5.74) is 5.20. The van der Waals surface area contributed by atoms with Crippen molar-refractivity contribution in [3.8, 4) is 0 Å². The molecule has 3 aromatic rings. The Hall–Kier alpha value is -2.92. The number of anilines is 1. The SMILES string of the molecule is Cc1ccc(N2C(=O)CC(NCCc3c[nH]c4ccccc34)C2=O)cc1C. The van der Waals surface area contributed by atoms with Crippen LogP contribution in [0.3, 0.4) is 0 Å². The molecule has 1 fully saturated rings. The van der Waals surface area contributed by atoms with Gasteiger partial charge in [0.05, 0.1) is 18.2 Å². The number of carbonyl (C=O) groups is 2. The van der Waals surface area contributed by atoms with Crippen LogP contribution in [0.5, 0.6) is 0 Å². The minimum Gasteiger partial charge on any atom is -0.361 e. The number of hydrogen-bond acceptors (Lipinski definition) is 3. The van der Waals surface area contributed by atoms with E-state index in [1.54, 1.807) is 0 Å². The molecular weight excluding hydrogens is 338 g/mol. The second-order valence-corrected chi connectivity index (χ2v) is 7.16. The zero-order chi connectivity index (χ0) is 19.0. The fraction of sp³-hybridized carbons (Fsp3) is 0.273. The minimum absolute atomic E-state index is 0.146. The zero-order valence-electron chi connectivity index (χ0n) is 15.6. The van der Waals surface area contributed by atoms with Gasteiger partial charge in [0, 0.05) is 23.6 Å². The number of amides is 2. The third-order valence-corrected chi connectivity index (χ3v) is 5.36. The van der Waals surface area contributed by atoms with Gasteiger partial charge in [-0.3, -0.25) is 9.59 Å². The predicted molar refractivity (Wildman–Crippen MR) is 107 cm³/mol. The van der Waals surface area contributed by atoms with E-state index in [0.717, 1.165) is 23.1 Å². The van der Waals surface area contributed by atoms with Gasteiger partial charge >= 0.3 is 0 Å². The molecule has 27 heavy (non-hydrogen) atoms. The highest BCUT2D eigenvalue weighted by atomic mass is 16.2. The third kappa shape index (κ3) is 3.26. The summed E-state index contributed by atoms with van der Waals surface area (Å²) >= 11 is 0. The lowest BCUT2D eigenvalue weighted by molar-refractivity contribution is -0.121. The van der Waals surface area contributed by atoms with Gasteiger partial charge in [0.1, 0.15) is 0 Å². The smallest absolute Gasteiger partial charge is 0.251 e. The number of imide groups is 1. The van der Waals surface area contributed by atoms with Crippen LogP contribution in [0.2, 0.25) is 0 Å². The van der Waals surface area contributed by atoms with Crippen molar-refractivity contribution >= 4 is 28.4 Å². The molecule has 0 radical (unpaired) electrons. The number of fused-ring (bicyclic) bond motifs is 1. The van der Waals surface area contributed by atoms with Crippen molar-refractivity contribution in [2.24, 2.45) is 0 Å². The first-order chi connectivity index (χ1) is 13.0. The van der Waals surface area contributed by atoms with Crippen LogP contribution < -0.4 is 10.2 Å². The molecule has 1 aliphatic heterocycles. The Bertz CT molecular complexity index is 1020. The number of benzene rings is 2. The highest BCUT2D eigenvalue weighted by Crippen LogP contribution is 2.25. The fourth-order valence-electron chi connectivity index (χ4n) is 3.65. The fourth-order valence-corrected chi connectivity index (χ4v) is 3.65. The van der Waals surface area contributed by atoms with Crippen LogP contribution in [0.4, 0.5) is 5.69 Å². The van der Waals surface area contributed by atoms with Crippen molar-refractivity contribution in [3.05, 3.63) is 65.4 Å². The van der Waals surface area contributed by atoms with Crippen molar-refractivity contribution < 1.29 is 9.59 Å². The van der Waals surface area contributed by atoms with Gasteiger partial charge in [0.2, 0.25) is 5.91 Å². The molecule has 5 nitrogen and oxygen atoms in total. The molecule has 1 saturated heterocycles. The van der Waals surface area contributed by atoms with Crippen LogP contribution in [0.15, 0.2) is 48.7 Å². The van der Waals surface area contributed by atoms with Crippen LogP contribution >= 0.6 is 0 Å². The Morgan fingerprint density at radius 2 is 1.93 bits per heavy atom. The summed E-state index contributed by atoms with van der Waals surface area (Å²) in [6.07, 6.45) is 3.01. The van der Waals surface area contributed by atoms with Gasteiger partial charge in [-0.05, 0) is 55.2 Å². The number of nitrogens with zero attached hydrogens (tertiary/aromatic N) is 1. The lowest BCUT2D eigenvalue weighted by atomic mass is 10.1. The first-order valence-electron chi connectivity index (χ1n) is 9.27. The quantitative estimate of drug-likeness (QED) is 0.686.